The molecule has 0 aliphatic carbocycles. The first-order valence-corrected chi connectivity index (χ1v) is 7.51. The molecule has 0 amide bonds. The van der Waals surface area contributed by atoms with Crippen molar-refractivity contribution in [1.29, 1.82) is 0 Å². The predicted molar refractivity (Wildman–Crippen MR) is 68.7 cm³/mol. The molecule has 0 aromatic heterocycles. The van der Waals surface area contributed by atoms with Crippen molar-refractivity contribution in [2.75, 3.05) is 13.1 Å². The molecule has 1 aliphatic rings. The SMILES string of the molecule is Cc1ccc(S(=O)(=O)N2CCC(C)(F)CC2)cc1. The summed E-state index contributed by atoms with van der Waals surface area (Å²) < 4.78 is 39.7. The number of halogens is 1. The third kappa shape index (κ3) is 2.72. The maximum Gasteiger partial charge on any atom is 0.243 e. The van der Waals surface area contributed by atoms with E-state index >= 15 is 0 Å². The van der Waals surface area contributed by atoms with E-state index in [1.54, 1.807) is 24.3 Å². The molecule has 0 spiro atoms. The molecule has 5 heteroatoms. The van der Waals surface area contributed by atoms with Crippen LogP contribution >= 0.6 is 0 Å². The first-order valence-electron chi connectivity index (χ1n) is 6.07. The van der Waals surface area contributed by atoms with Gasteiger partial charge in [-0.2, -0.15) is 4.31 Å². The summed E-state index contributed by atoms with van der Waals surface area (Å²) in [6.07, 6.45) is 0.524. The van der Waals surface area contributed by atoms with E-state index in [0.717, 1.165) is 5.56 Å². The van der Waals surface area contributed by atoms with Crippen molar-refractivity contribution in [3.63, 3.8) is 0 Å². The molecule has 0 radical (unpaired) electrons. The Morgan fingerprint density at radius 2 is 1.67 bits per heavy atom. The summed E-state index contributed by atoms with van der Waals surface area (Å²) in [4.78, 5) is 0.288. The van der Waals surface area contributed by atoms with Crippen LogP contribution in [0.25, 0.3) is 0 Å². The van der Waals surface area contributed by atoms with Gasteiger partial charge in [-0.15, -0.1) is 0 Å². The highest BCUT2D eigenvalue weighted by molar-refractivity contribution is 7.89. The molecule has 1 aromatic rings. The van der Waals surface area contributed by atoms with Gasteiger partial charge in [0.2, 0.25) is 10.0 Å². The first kappa shape index (κ1) is 13.5. The molecular weight excluding hydrogens is 253 g/mol. The van der Waals surface area contributed by atoms with Gasteiger partial charge < -0.3 is 0 Å². The van der Waals surface area contributed by atoms with E-state index in [1.165, 1.54) is 11.2 Å². The lowest BCUT2D eigenvalue weighted by Gasteiger charge is -2.33. The van der Waals surface area contributed by atoms with E-state index < -0.39 is 15.7 Å². The molecule has 0 N–H and O–H groups in total. The Kier molecular flexibility index (Phi) is 3.47. The van der Waals surface area contributed by atoms with Gasteiger partial charge in [-0.25, -0.2) is 12.8 Å². The zero-order valence-corrected chi connectivity index (χ0v) is 11.5. The van der Waals surface area contributed by atoms with Gasteiger partial charge in [0.25, 0.3) is 0 Å². The third-order valence-electron chi connectivity index (χ3n) is 3.42. The summed E-state index contributed by atoms with van der Waals surface area (Å²) in [6, 6.07) is 6.76. The standard InChI is InChI=1S/C13H18FNO2S/c1-11-3-5-12(6-4-11)18(16,17)15-9-7-13(2,14)8-10-15/h3-6H,7-10H2,1-2H3. The number of piperidine rings is 1. The molecule has 1 heterocycles. The lowest BCUT2D eigenvalue weighted by atomic mass is 9.97. The monoisotopic (exact) mass is 271 g/mol. The van der Waals surface area contributed by atoms with Gasteiger partial charge >= 0.3 is 0 Å². The fourth-order valence-electron chi connectivity index (χ4n) is 2.05. The van der Waals surface area contributed by atoms with Crippen LogP contribution in [-0.4, -0.2) is 31.5 Å². The number of rotatable bonds is 2. The second-order valence-corrected chi connectivity index (χ2v) is 7.07. The smallest absolute Gasteiger partial charge is 0.243 e. The Morgan fingerprint density at radius 3 is 2.17 bits per heavy atom. The number of hydrogen-bond donors (Lipinski definition) is 0. The fourth-order valence-corrected chi connectivity index (χ4v) is 3.49. The van der Waals surface area contributed by atoms with Crippen molar-refractivity contribution in [3.05, 3.63) is 29.8 Å². The van der Waals surface area contributed by atoms with Crippen LogP contribution in [0.2, 0.25) is 0 Å². The van der Waals surface area contributed by atoms with Crippen LogP contribution in [-0.2, 0) is 10.0 Å². The maximum atomic E-state index is 13.7. The van der Waals surface area contributed by atoms with Crippen LogP contribution < -0.4 is 0 Å². The van der Waals surface area contributed by atoms with Crippen LogP contribution in [0.4, 0.5) is 4.39 Å². The number of nitrogens with zero attached hydrogens (tertiary/aromatic N) is 1. The zero-order valence-electron chi connectivity index (χ0n) is 10.7. The number of aryl methyl sites for hydroxylation is 1. The summed E-state index contributed by atoms with van der Waals surface area (Å²) in [6.45, 7) is 3.95. The lowest BCUT2D eigenvalue weighted by Crippen LogP contribution is -2.43. The van der Waals surface area contributed by atoms with Crippen molar-refractivity contribution in [2.24, 2.45) is 0 Å². The highest BCUT2D eigenvalue weighted by Gasteiger charge is 2.35. The Balaban J connectivity index is 2.20. The molecule has 1 aliphatic heterocycles. The lowest BCUT2D eigenvalue weighted by molar-refractivity contribution is 0.108. The summed E-state index contributed by atoms with van der Waals surface area (Å²) in [5.74, 6) is 0. The highest BCUT2D eigenvalue weighted by Crippen LogP contribution is 2.29. The second kappa shape index (κ2) is 4.63. The Labute approximate surface area is 108 Å². The molecule has 1 fully saturated rings. The summed E-state index contributed by atoms with van der Waals surface area (Å²) in [5, 5.41) is 0. The molecule has 0 saturated carbocycles. The van der Waals surface area contributed by atoms with E-state index in [1.807, 2.05) is 6.92 Å². The summed E-state index contributed by atoms with van der Waals surface area (Å²) >= 11 is 0. The maximum absolute atomic E-state index is 13.7. The van der Waals surface area contributed by atoms with E-state index in [4.69, 9.17) is 0 Å². The highest BCUT2D eigenvalue weighted by atomic mass is 32.2. The minimum atomic E-state index is -3.46. The molecule has 0 bridgehead atoms. The van der Waals surface area contributed by atoms with Crippen molar-refractivity contribution in [1.82, 2.24) is 4.31 Å². The quantitative estimate of drug-likeness (QED) is 0.829. The number of alkyl halides is 1. The molecule has 1 saturated heterocycles. The van der Waals surface area contributed by atoms with Crippen LogP contribution in [0.15, 0.2) is 29.2 Å². The average molecular weight is 271 g/mol. The van der Waals surface area contributed by atoms with E-state index in [-0.39, 0.29) is 30.8 Å². The Hall–Kier alpha value is -0.940. The van der Waals surface area contributed by atoms with Crippen molar-refractivity contribution in [3.8, 4) is 0 Å². The van der Waals surface area contributed by atoms with E-state index in [9.17, 15) is 12.8 Å². The minimum absolute atomic E-state index is 0.253. The molecule has 100 valence electrons. The Bertz CT molecular complexity index is 512. The van der Waals surface area contributed by atoms with Crippen molar-refractivity contribution in [2.45, 2.75) is 37.3 Å². The molecule has 3 nitrogen and oxygen atoms in total. The zero-order chi connectivity index (χ0) is 13.4. The topological polar surface area (TPSA) is 37.4 Å². The molecule has 18 heavy (non-hydrogen) atoms. The van der Waals surface area contributed by atoms with Gasteiger partial charge in [-0.05, 0) is 38.8 Å². The molecule has 2 rings (SSSR count). The third-order valence-corrected chi connectivity index (χ3v) is 5.34. The predicted octanol–water partition coefficient (Wildman–Crippen LogP) is 2.51. The summed E-state index contributed by atoms with van der Waals surface area (Å²) in [7, 11) is -3.46. The van der Waals surface area contributed by atoms with E-state index in [2.05, 4.69) is 0 Å². The van der Waals surface area contributed by atoms with Crippen molar-refractivity contribution < 1.29 is 12.8 Å². The van der Waals surface area contributed by atoms with Gasteiger partial charge in [0.1, 0.15) is 5.67 Å². The van der Waals surface area contributed by atoms with Crippen LogP contribution in [0.1, 0.15) is 25.3 Å². The van der Waals surface area contributed by atoms with Gasteiger partial charge in [0, 0.05) is 13.1 Å². The average Bonchev–Trinajstić information content (AvgIpc) is 2.29. The van der Waals surface area contributed by atoms with Crippen LogP contribution in [0.5, 0.6) is 0 Å². The fraction of sp³-hybridized carbons (Fsp3) is 0.538. The molecule has 0 unspecified atom stereocenters. The van der Waals surface area contributed by atoms with Gasteiger partial charge in [0.15, 0.2) is 0 Å². The minimum Gasteiger partial charge on any atom is -0.244 e. The van der Waals surface area contributed by atoms with Gasteiger partial charge in [0.05, 0.1) is 4.90 Å². The van der Waals surface area contributed by atoms with Crippen LogP contribution in [0.3, 0.4) is 0 Å². The number of sulfonamides is 1. The first-order chi connectivity index (χ1) is 8.31. The molecular formula is C13H18FNO2S. The Morgan fingerprint density at radius 1 is 1.17 bits per heavy atom. The molecule has 1 aromatic carbocycles. The van der Waals surface area contributed by atoms with Gasteiger partial charge in [-0.1, -0.05) is 17.7 Å². The van der Waals surface area contributed by atoms with Gasteiger partial charge in [-0.3, -0.25) is 0 Å². The van der Waals surface area contributed by atoms with Crippen molar-refractivity contribution >= 4 is 10.0 Å². The largest absolute Gasteiger partial charge is 0.244 e. The second-order valence-electron chi connectivity index (χ2n) is 5.13. The number of benzene rings is 1. The number of hydrogen-bond acceptors (Lipinski definition) is 2. The summed E-state index contributed by atoms with van der Waals surface area (Å²) in [5.41, 5.74) is -0.219. The van der Waals surface area contributed by atoms with Crippen LogP contribution in [0, 0.1) is 6.92 Å². The molecule has 0 atom stereocenters. The van der Waals surface area contributed by atoms with E-state index in [0.29, 0.717) is 0 Å². The normalized spacial score (nSPS) is 20.8.